The number of nitriles is 1. The molecule has 0 N–H and O–H groups in total. The molecule has 0 aliphatic rings. The average molecular weight is 252 g/mol. The standard InChI is InChI=1S/C17H20N2/c1-3-14(2)19-16(11-12-17(19)13-18)10-9-15-7-5-4-6-8-15/h4-8,11-12,14H,3,9-10H2,1-2H3. The minimum Gasteiger partial charge on any atom is -0.334 e. The van der Waals surface area contributed by atoms with E-state index in [-0.39, 0.29) is 0 Å². The lowest BCUT2D eigenvalue weighted by Gasteiger charge is -2.17. The topological polar surface area (TPSA) is 28.7 Å². The van der Waals surface area contributed by atoms with E-state index in [2.05, 4.69) is 54.8 Å². The van der Waals surface area contributed by atoms with Crippen molar-refractivity contribution in [3.05, 3.63) is 59.4 Å². The molecule has 1 aromatic carbocycles. The summed E-state index contributed by atoms with van der Waals surface area (Å²) in [5, 5.41) is 9.19. The van der Waals surface area contributed by atoms with Gasteiger partial charge in [-0.1, -0.05) is 37.3 Å². The number of nitrogens with zero attached hydrogens (tertiary/aromatic N) is 2. The van der Waals surface area contributed by atoms with Gasteiger partial charge in [0.2, 0.25) is 0 Å². The van der Waals surface area contributed by atoms with Crippen LogP contribution < -0.4 is 0 Å². The maximum absolute atomic E-state index is 9.19. The highest BCUT2D eigenvalue weighted by molar-refractivity contribution is 5.29. The van der Waals surface area contributed by atoms with Crippen LogP contribution in [0.4, 0.5) is 0 Å². The van der Waals surface area contributed by atoms with E-state index < -0.39 is 0 Å². The van der Waals surface area contributed by atoms with Gasteiger partial charge in [-0.3, -0.25) is 0 Å². The predicted octanol–water partition coefficient (Wildman–Crippen LogP) is 4.12. The van der Waals surface area contributed by atoms with E-state index in [1.165, 1.54) is 11.3 Å². The molecule has 1 aromatic heterocycles. The molecule has 0 amide bonds. The SMILES string of the molecule is CCC(C)n1c(C#N)ccc1CCc1ccccc1. The van der Waals surface area contributed by atoms with Crippen molar-refractivity contribution in [3.63, 3.8) is 0 Å². The summed E-state index contributed by atoms with van der Waals surface area (Å²) in [6.07, 6.45) is 3.05. The average Bonchev–Trinajstić information content (AvgIpc) is 2.88. The fraction of sp³-hybridized carbons (Fsp3) is 0.353. The first-order valence-corrected chi connectivity index (χ1v) is 6.90. The minimum absolute atomic E-state index is 0.385. The smallest absolute Gasteiger partial charge is 0.120 e. The first kappa shape index (κ1) is 13.4. The predicted molar refractivity (Wildman–Crippen MR) is 78.0 cm³/mol. The van der Waals surface area contributed by atoms with Crippen LogP contribution in [0.3, 0.4) is 0 Å². The summed E-state index contributed by atoms with van der Waals surface area (Å²) in [5.74, 6) is 0. The van der Waals surface area contributed by atoms with E-state index in [0.29, 0.717) is 6.04 Å². The van der Waals surface area contributed by atoms with Crippen molar-refractivity contribution in [1.29, 1.82) is 5.26 Å². The number of aromatic nitrogens is 1. The fourth-order valence-electron chi connectivity index (χ4n) is 2.41. The molecule has 2 heteroatoms. The van der Waals surface area contributed by atoms with Crippen LogP contribution in [-0.2, 0) is 12.8 Å². The van der Waals surface area contributed by atoms with Crippen molar-refractivity contribution in [2.45, 2.75) is 39.2 Å². The van der Waals surface area contributed by atoms with Gasteiger partial charge in [0.25, 0.3) is 0 Å². The zero-order valence-corrected chi connectivity index (χ0v) is 11.6. The summed E-state index contributed by atoms with van der Waals surface area (Å²) in [5.41, 5.74) is 3.38. The second kappa shape index (κ2) is 6.24. The fourth-order valence-corrected chi connectivity index (χ4v) is 2.41. The van der Waals surface area contributed by atoms with E-state index in [0.717, 1.165) is 25.0 Å². The molecule has 2 rings (SSSR count). The van der Waals surface area contributed by atoms with Crippen LogP contribution in [0.25, 0.3) is 0 Å². The monoisotopic (exact) mass is 252 g/mol. The van der Waals surface area contributed by atoms with Crippen molar-refractivity contribution in [2.24, 2.45) is 0 Å². The van der Waals surface area contributed by atoms with Gasteiger partial charge in [-0.15, -0.1) is 0 Å². The highest BCUT2D eigenvalue weighted by Crippen LogP contribution is 2.20. The van der Waals surface area contributed by atoms with Crippen molar-refractivity contribution >= 4 is 0 Å². The molecule has 1 unspecified atom stereocenters. The Morgan fingerprint density at radius 2 is 1.84 bits per heavy atom. The van der Waals surface area contributed by atoms with Crippen molar-refractivity contribution in [3.8, 4) is 6.07 Å². The number of hydrogen-bond acceptors (Lipinski definition) is 1. The summed E-state index contributed by atoms with van der Waals surface area (Å²) in [6, 6.07) is 17.2. The molecule has 98 valence electrons. The third kappa shape index (κ3) is 3.06. The van der Waals surface area contributed by atoms with Crippen LogP contribution in [0.5, 0.6) is 0 Å². The lowest BCUT2D eigenvalue weighted by Crippen LogP contribution is -2.10. The zero-order chi connectivity index (χ0) is 13.7. The van der Waals surface area contributed by atoms with Crippen molar-refractivity contribution < 1.29 is 0 Å². The number of aryl methyl sites for hydroxylation is 2. The van der Waals surface area contributed by atoms with Crippen LogP contribution in [0.1, 0.15) is 43.3 Å². The zero-order valence-electron chi connectivity index (χ0n) is 11.6. The number of benzene rings is 1. The molecule has 0 aliphatic heterocycles. The highest BCUT2D eigenvalue weighted by atomic mass is 15.0. The molecule has 19 heavy (non-hydrogen) atoms. The van der Waals surface area contributed by atoms with E-state index in [9.17, 15) is 5.26 Å². The molecule has 0 fully saturated rings. The molecule has 0 bridgehead atoms. The van der Waals surface area contributed by atoms with Gasteiger partial charge in [0.15, 0.2) is 0 Å². The van der Waals surface area contributed by atoms with Crippen molar-refractivity contribution in [2.75, 3.05) is 0 Å². The first-order chi connectivity index (χ1) is 9.26. The molecule has 0 radical (unpaired) electrons. The molecule has 2 nitrogen and oxygen atoms in total. The van der Waals surface area contributed by atoms with Crippen molar-refractivity contribution in [1.82, 2.24) is 4.57 Å². The van der Waals surface area contributed by atoms with Crippen LogP contribution in [0, 0.1) is 11.3 Å². The quantitative estimate of drug-likeness (QED) is 0.787. The lowest BCUT2D eigenvalue weighted by atomic mass is 10.1. The Bertz CT molecular complexity index is 561. The van der Waals surface area contributed by atoms with Gasteiger partial charge in [0, 0.05) is 11.7 Å². The summed E-state index contributed by atoms with van der Waals surface area (Å²) in [6.45, 7) is 4.33. The molecule has 2 aromatic rings. The molecule has 1 atom stereocenters. The number of hydrogen-bond donors (Lipinski definition) is 0. The Hall–Kier alpha value is -2.01. The highest BCUT2D eigenvalue weighted by Gasteiger charge is 2.12. The lowest BCUT2D eigenvalue weighted by molar-refractivity contribution is 0.509. The summed E-state index contributed by atoms with van der Waals surface area (Å²) < 4.78 is 2.18. The molecular formula is C17H20N2. The Labute approximate surface area is 115 Å². The molecule has 1 heterocycles. The van der Waals surface area contributed by atoms with Gasteiger partial charge >= 0.3 is 0 Å². The second-order valence-electron chi connectivity index (χ2n) is 4.93. The minimum atomic E-state index is 0.385. The van der Waals surface area contributed by atoms with Gasteiger partial charge < -0.3 is 4.57 Å². The van der Waals surface area contributed by atoms with Crippen LogP contribution in [0.2, 0.25) is 0 Å². The largest absolute Gasteiger partial charge is 0.334 e. The maximum atomic E-state index is 9.19. The first-order valence-electron chi connectivity index (χ1n) is 6.90. The van der Waals surface area contributed by atoms with Gasteiger partial charge in [0.05, 0.1) is 0 Å². The maximum Gasteiger partial charge on any atom is 0.120 e. The number of rotatable bonds is 5. The van der Waals surface area contributed by atoms with Crippen LogP contribution in [0.15, 0.2) is 42.5 Å². The summed E-state index contributed by atoms with van der Waals surface area (Å²) in [7, 11) is 0. The van der Waals surface area contributed by atoms with Gasteiger partial charge in [-0.05, 0) is 43.9 Å². The Balaban J connectivity index is 2.17. The Morgan fingerprint density at radius 3 is 2.47 bits per heavy atom. The van der Waals surface area contributed by atoms with Gasteiger partial charge in [0.1, 0.15) is 11.8 Å². The van der Waals surface area contributed by atoms with Crippen LogP contribution >= 0.6 is 0 Å². The van der Waals surface area contributed by atoms with E-state index in [4.69, 9.17) is 0 Å². The van der Waals surface area contributed by atoms with Gasteiger partial charge in [-0.25, -0.2) is 0 Å². The second-order valence-corrected chi connectivity index (χ2v) is 4.93. The molecular weight excluding hydrogens is 232 g/mol. The Morgan fingerprint density at radius 1 is 1.11 bits per heavy atom. The Kier molecular flexibility index (Phi) is 4.41. The third-order valence-corrected chi connectivity index (χ3v) is 3.66. The molecule has 0 saturated heterocycles. The summed E-state index contributed by atoms with van der Waals surface area (Å²) >= 11 is 0. The van der Waals surface area contributed by atoms with E-state index >= 15 is 0 Å². The summed E-state index contributed by atoms with van der Waals surface area (Å²) in [4.78, 5) is 0. The normalized spacial score (nSPS) is 12.1. The molecule has 0 spiro atoms. The van der Waals surface area contributed by atoms with Crippen LogP contribution in [-0.4, -0.2) is 4.57 Å². The van der Waals surface area contributed by atoms with E-state index in [1.807, 2.05) is 12.1 Å². The third-order valence-electron chi connectivity index (χ3n) is 3.66. The van der Waals surface area contributed by atoms with Gasteiger partial charge in [-0.2, -0.15) is 5.26 Å². The molecule has 0 saturated carbocycles. The molecule has 0 aliphatic carbocycles. The van der Waals surface area contributed by atoms with E-state index in [1.54, 1.807) is 0 Å².